The highest BCUT2D eigenvalue weighted by molar-refractivity contribution is 8.11. The third-order valence-corrected chi connectivity index (χ3v) is 9.40. The molecule has 0 saturated carbocycles. The second-order valence-electron chi connectivity index (χ2n) is 10.2. The number of thioether (sulfide) groups is 1. The van der Waals surface area contributed by atoms with Gasteiger partial charge in [-0.3, -0.25) is 14.2 Å². The van der Waals surface area contributed by atoms with Gasteiger partial charge in [-0.05, 0) is 49.6 Å². The normalized spacial score (nSPS) is 15.4. The molecule has 2 unspecified atom stereocenters. The molecule has 0 fully saturated rings. The number of unbranched alkanes of at least 4 members (excludes halogenated alkanes) is 1. The van der Waals surface area contributed by atoms with Gasteiger partial charge in [-0.2, -0.15) is 0 Å². The molecule has 4 heterocycles. The minimum absolute atomic E-state index is 0.223. The van der Waals surface area contributed by atoms with Gasteiger partial charge in [0.05, 0.1) is 18.8 Å². The number of benzene rings is 1. The smallest absolute Gasteiger partial charge is 0.277 e. The number of anilines is 2. The van der Waals surface area contributed by atoms with Crippen molar-refractivity contribution in [1.82, 2.24) is 19.9 Å². The summed E-state index contributed by atoms with van der Waals surface area (Å²) in [5.74, 6) is 0.522. The van der Waals surface area contributed by atoms with Crippen LogP contribution in [-0.2, 0) is 17.8 Å². The Hall–Kier alpha value is -3.96. The van der Waals surface area contributed by atoms with Crippen molar-refractivity contribution in [1.29, 1.82) is 0 Å². The predicted octanol–water partition coefficient (Wildman–Crippen LogP) is 6.27. The lowest BCUT2D eigenvalue weighted by Crippen LogP contribution is -2.36. The molecular formula is C31H33FN6O2S2. The Morgan fingerprint density at radius 3 is 2.93 bits per heavy atom. The first-order chi connectivity index (χ1) is 20.2. The van der Waals surface area contributed by atoms with Crippen LogP contribution in [0.5, 0.6) is 0 Å². The Morgan fingerprint density at radius 2 is 2.14 bits per heavy atom. The second kappa shape index (κ2) is 12.9. The van der Waals surface area contributed by atoms with E-state index in [0.29, 0.717) is 36.7 Å². The van der Waals surface area contributed by atoms with Gasteiger partial charge < -0.3 is 16.4 Å². The van der Waals surface area contributed by atoms with Gasteiger partial charge in [0.15, 0.2) is 0 Å². The Balaban J connectivity index is 1.27. The molecule has 0 spiro atoms. The number of fused-ring (bicyclic) bond motifs is 2. The zero-order valence-electron chi connectivity index (χ0n) is 23.5. The predicted molar refractivity (Wildman–Crippen MR) is 171 cm³/mol. The number of nitrogens with one attached hydrogen (secondary N) is 2. The summed E-state index contributed by atoms with van der Waals surface area (Å²) in [6, 6.07) is 9.35. The van der Waals surface area contributed by atoms with E-state index in [1.807, 2.05) is 25.1 Å². The molecule has 42 heavy (non-hydrogen) atoms. The van der Waals surface area contributed by atoms with Crippen LogP contribution in [0, 0.1) is 5.82 Å². The minimum Gasteiger partial charge on any atom is -0.384 e. The Labute approximate surface area is 252 Å². The third kappa shape index (κ3) is 6.57. The molecule has 0 bridgehead atoms. The van der Waals surface area contributed by atoms with Gasteiger partial charge in [0.2, 0.25) is 5.91 Å². The molecule has 4 aromatic rings. The molecule has 4 N–H and O–H groups in total. The standard InChI is InChI=1S/C31H33FN6O2S2/c1-4-5-9-26(20-7-6-8-22(32)12-20)41-19(3)18(2)37-24-17-35-29-11-10-25(38(29)31(24)40)30(39)36-16-23-13-21-15-34-28(33)14-27(21)42-23/h6-9,12-15,17-18,25,37H,3-5,10-11,16H2,1-2H3,(H2,33,34)(H,36,39)/b26-9-. The zero-order valence-corrected chi connectivity index (χ0v) is 25.2. The van der Waals surface area contributed by atoms with Crippen LogP contribution in [-0.4, -0.2) is 26.5 Å². The molecule has 11 heteroatoms. The first-order valence-corrected chi connectivity index (χ1v) is 15.5. The highest BCUT2D eigenvalue weighted by Crippen LogP contribution is 2.36. The SMILES string of the molecule is C=C(S/C(=C\CCC)c1cccc(F)c1)C(C)Nc1cnc2n(c1=O)C(C(=O)NCc1cc3cnc(N)cc3s1)CC2. The van der Waals surface area contributed by atoms with Crippen LogP contribution in [0.3, 0.4) is 0 Å². The molecule has 1 aliphatic heterocycles. The number of nitrogens with two attached hydrogens (primary N) is 1. The van der Waals surface area contributed by atoms with E-state index in [9.17, 15) is 14.0 Å². The summed E-state index contributed by atoms with van der Waals surface area (Å²) in [7, 11) is 0. The van der Waals surface area contributed by atoms with Crippen LogP contribution in [0.1, 0.15) is 55.4 Å². The Kier molecular flexibility index (Phi) is 9.08. The van der Waals surface area contributed by atoms with Crippen LogP contribution < -0.4 is 21.9 Å². The summed E-state index contributed by atoms with van der Waals surface area (Å²) in [4.78, 5) is 38.0. The molecule has 8 nitrogen and oxygen atoms in total. The lowest BCUT2D eigenvalue weighted by Gasteiger charge is -2.20. The van der Waals surface area contributed by atoms with Crippen molar-refractivity contribution < 1.29 is 9.18 Å². The topological polar surface area (TPSA) is 115 Å². The lowest BCUT2D eigenvalue weighted by molar-refractivity contribution is -0.124. The quantitative estimate of drug-likeness (QED) is 0.185. The summed E-state index contributed by atoms with van der Waals surface area (Å²) in [6.45, 7) is 8.57. The summed E-state index contributed by atoms with van der Waals surface area (Å²) in [6.07, 6.45) is 8.18. The molecule has 1 aromatic carbocycles. The molecule has 218 valence electrons. The number of allylic oxidation sites excluding steroid dienone is 1. The number of rotatable bonds is 11. The molecule has 1 amide bonds. The van der Waals surface area contributed by atoms with Crippen molar-refractivity contribution in [2.75, 3.05) is 11.1 Å². The van der Waals surface area contributed by atoms with Crippen LogP contribution in [0.4, 0.5) is 15.9 Å². The van der Waals surface area contributed by atoms with Crippen LogP contribution >= 0.6 is 23.1 Å². The second-order valence-corrected chi connectivity index (χ2v) is 12.5. The fourth-order valence-corrected chi connectivity index (χ4v) is 6.80. The maximum atomic E-state index is 13.9. The van der Waals surface area contributed by atoms with Crippen LogP contribution in [0.25, 0.3) is 15.0 Å². The average Bonchev–Trinajstić information content (AvgIpc) is 3.59. The van der Waals surface area contributed by atoms with Gasteiger partial charge in [0.1, 0.15) is 29.2 Å². The first-order valence-electron chi connectivity index (χ1n) is 13.8. The van der Waals surface area contributed by atoms with Crippen molar-refractivity contribution in [2.24, 2.45) is 0 Å². The number of amides is 1. The monoisotopic (exact) mass is 604 g/mol. The van der Waals surface area contributed by atoms with E-state index in [0.717, 1.165) is 43.2 Å². The maximum absolute atomic E-state index is 13.9. The van der Waals surface area contributed by atoms with E-state index in [1.165, 1.54) is 34.7 Å². The largest absolute Gasteiger partial charge is 0.384 e. The molecular weight excluding hydrogens is 572 g/mol. The van der Waals surface area contributed by atoms with Crippen molar-refractivity contribution in [3.63, 3.8) is 0 Å². The molecule has 5 rings (SSSR count). The number of nitrogens with zero attached hydrogens (tertiary/aromatic N) is 3. The van der Waals surface area contributed by atoms with Crippen molar-refractivity contribution in [3.8, 4) is 0 Å². The number of nitrogen functional groups attached to an aromatic ring is 1. The van der Waals surface area contributed by atoms with Gasteiger partial charge in [-0.1, -0.05) is 49.9 Å². The van der Waals surface area contributed by atoms with Crippen molar-refractivity contribution >= 4 is 55.5 Å². The first kappa shape index (κ1) is 29.5. The average molecular weight is 605 g/mol. The van der Waals surface area contributed by atoms with E-state index in [1.54, 1.807) is 23.6 Å². The molecule has 0 saturated heterocycles. The van der Waals surface area contributed by atoms with E-state index in [4.69, 9.17) is 5.73 Å². The summed E-state index contributed by atoms with van der Waals surface area (Å²) in [5, 5.41) is 7.19. The van der Waals surface area contributed by atoms with Gasteiger partial charge in [-0.25, -0.2) is 14.4 Å². The summed E-state index contributed by atoms with van der Waals surface area (Å²) in [5.41, 5.74) is 6.57. The van der Waals surface area contributed by atoms with E-state index in [-0.39, 0.29) is 23.3 Å². The van der Waals surface area contributed by atoms with Gasteiger partial charge in [0.25, 0.3) is 5.56 Å². The number of carbonyl (C=O) groups excluding carboxylic acids is 1. The number of carbonyl (C=O) groups is 1. The fourth-order valence-electron chi connectivity index (χ4n) is 4.81. The van der Waals surface area contributed by atoms with E-state index >= 15 is 0 Å². The number of hydrogen-bond acceptors (Lipinski definition) is 8. The highest BCUT2D eigenvalue weighted by Gasteiger charge is 2.31. The van der Waals surface area contributed by atoms with E-state index in [2.05, 4.69) is 40.2 Å². The number of pyridine rings is 1. The molecule has 3 aromatic heterocycles. The molecule has 0 aliphatic carbocycles. The van der Waals surface area contributed by atoms with Crippen molar-refractivity contribution in [3.05, 3.63) is 98.8 Å². The number of aromatic nitrogens is 3. The Morgan fingerprint density at radius 1 is 1.31 bits per heavy atom. The fraction of sp³-hybridized carbons (Fsp3) is 0.290. The highest BCUT2D eigenvalue weighted by atomic mass is 32.2. The van der Waals surface area contributed by atoms with Gasteiger partial charge in [0, 0.05) is 37.4 Å². The lowest BCUT2D eigenvalue weighted by atomic mass is 10.2. The van der Waals surface area contributed by atoms with Crippen LogP contribution in [0.15, 0.2) is 71.1 Å². The van der Waals surface area contributed by atoms with Gasteiger partial charge >= 0.3 is 0 Å². The molecule has 1 aliphatic rings. The zero-order chi connectivity index (χ0) is 29.8. The molecule has 0 radical (unpaired) electrons. The number of thiophene rings is 1. The van der Waals surface area contributed by atoms with Crippen molar-refractivity contribution in [2.45, 2.75) is 58.2 Å². The molecule has 2 atom stereocenters. The minimum atomic E-state index is -0.641. The number of aryl methyl sites for hydroxylation is 1. The van der Waals surface area contributed by atoms with Gasteiger partial charge in [-0.15, -0.1) is 11.3 Å². The Bertz CT molecular complexity index is 1730. The summed E-state index contributed by atoms with van der Waals surface area (Å²) >= 11 is 3.00. The van der Waals surface area contributed by atoms with E-state index < -0.39 is 6.04 Å². The number of halogens is 1. The summed E-state index contributed by atoms with van der Waals surface area (Å²) < 4.78 is 16.4. The third-order valence-electron chi connectivity index (χ3n) is 7.06. The maximum Gasteiger partial charge on any atom is 0.277 e. The number of hydrogen-bond donors (Lipinski definition) is 3. The van der Waals surface area contributed by atoms with Crippen LogP contribution in [0.2, 0.25) is 0 Å².